The second-order valence-corrected chi connectivity index (χ2v) is 7.82. The van der Waals surface area contributed by atoms with Crippen molar-refractivity contribution >= 4 is 17.3 Å². The number of allylic oxidation sites excluding steroid dienone is 4. The normalized spacial score (nSPS) is 12.3. The van der Waals surface area contributed by atoms with Gasteiger partial charge in [0, 0.05) is 36.1 Å². The van der Waals surface area contributed by atoms with Gasteiger partial charge in [-0.3, -0.25) is 0 Å². The minimum atomic E-state index is -0.583. The molecule has 32 heavy (non-hydrogen) atoms. The first-order chi connectivity index (χ1) is 15.3. The fraction of sp³-hybridized carbons (Fsp3) is 0.423. The Morgan fingerprint density at radius 1 is 1.12 bits per heavy atom. The number of rotatable bonds is 12. The van der Waals surface area contributed by atoms with Crippen LogP contribution in [0.15, 0.2) is 52.9 Å². The molecular weight excluding hydrogens is 428 g/mol. The van der Waals surface area contributed by atoms with Crippen LogP contribution in [0.4, 0.5) is 8.78 Å². The molecule has 1 aromatic rings. The van der Waals surface area contributed by atoms with E-state index in [0.29, 0.717) is 18.7 Å². The highest BCUT2D eigenvalue weighted by atomic mass is 35.5. The van der Waals surface area contributed by atoms with Gasteiger partial charge in [0.2, 0.25) is 0 Å². The van der Waals surface area contributed by atoms with Crippen LogP contribution in [0.2, 0.25) is 5.02 Å². The number of nitrogens with one attached hydrogen (secondary N) is 2. The van der Waals surface area contributed by atoms with Crippen molar-refractivity contribution in [3.8, 4) is 11.8 Å². The zero-order valence-electron chi connectivity index (χ0n) is 19.5. The van der Waals surface area contributed by atoms with Gasteiger partial charge in [-0.2, -0.15) is 0 Å². The standard InChI is InChI=1S/C26H34ClF2N3/c1-6-16-30-18-19(3)12-13-22(7-2)32-21(5)20(4)31-17-10-8-9-11-23-24(28)14-15-25(29)26(23)27/h7,14-15,18,30-31H,4,6,8-11,16-17H2,1-3,5H3/b19-18+,22-7-,32-21?. The Balaban J connectivity index is 2.44. The molecule has 3 nitrogen and oxygen atoms in total. The van der Waals surface area contributed by atoms with Crippen molar-refractivity contribution in [2.75, 3.05) is 13.1 Å². The third-order valence-corrected chi connectivity index (χ3v) is 5.09. The summed E-state index contributed by atoms with van der Waals surface area (Å²) in [5, 5.41) is 6.35. The minimum Gasteiger partial charge on any atom is -0.390 e. The maximum absolute atomic E-state index is 13.8. The van der Waals surface area contributed by atoms with Crippen LogP contribution in [-0.2, 0) is 6.42 Å². The highest BCUT2D eigenvalue weighted by Gasteiger charge is 2.11. The first-order valence-electron chi connectivity index (χ1n) is 11.0. The highest BCUT2D eigenvalue weighted by molar-refractivity contribution is 6.31. The van der Waals surface area contributed by atoms with E-state index in [4.69, 9.17) is 11.6 Å². The van der Waals surface area contributed by atoms with Crippen LogP contribution in [0, 0.1) is 23.5 Å². The molecule has 174 valence electrons. The highest BCUT2D eigenvalue weighted by Crippen LogP contribution is 2.24. The van der Waals surface area contributed by atoms with Gasteiger partial charge in [0.25, 0.3) is 0 Å². The Hall–Kier alpha value is -2.58. The summed E-state index contributed by atoms with van der Waals surface area (Å²) in [5.41, 5.74) is 3.39. The van der Waals surface area contributed by atoms with Gasteiger partial charge in [-0.15, -0.1) is 0 Å². The summed E-state index contributed by atoms with van der Waals surface area (Å²) in [6.07, 6.45) is 7.70. The molecule has 0 unspecified atom stereocenters. The van der Waals surface area contributed by atoms with E-state index in [-0.39, 0.29) is 10.6 Å². The fourth-order valence-electron chi connectivity index (χ4n) is 2.75. The molecule has 0 aliphatic heterocycles. The largest absolute Gasteiger partial charge is 0.390 e. The lowest BCUT2D eigenvalue weighted by Gasteiger charge is -2.10. The van der Waals surface area contributed by atoms with Crippen LogP contribution >= 0.6 is 11.6 Å². The number of nitrogens with zero attached hydrogens (tertiary/aromatic N) is 1. The topological polar surface area (TPSA) is 36.4 Å². The molecule has 0 fully saturated rings. The Bertz CT molecular complexity index is 921. The summed E-state index contributed by atoms with van der Waals surface area (Å²) < 4.78 is 27.3. The quantitative estimate of drug-likeness (QED) is 0.157. The van der Waals surface area contributed by atoms with Gasteiger partial charge in [0.15, 0.2) is 0 Å². The molecule has 0 spiro atoms. The first-order valence-corrected chi connectivity index (χ1v) is 11.4. The number of hydrogen-bond donors (Lipinski definition) is 2. The molecule has 2 N–H and O–H groups in total. The van der Waals surface area contributed by atoms with E-state index < -0.39 is 11.6 Å². The third kappa shape index (κ3) is 10.2. The Labute approximate surface area is 196 Å². The lowest BCUT2D eigenvalue weighted by atomic mass is 10.1. The predicted octanol–water partition coefficient (Wildman–Crippen LogP) is 6.71. The van der Waals surface area contributed by atoms with E-state index in [9.17, 15) is 8.78 Å². The molecule has 0 aliphatic rings. The van der Waals surface area contributed by atoms with Crippen LogP contribution in [-0.4, -0.2) is 18.8 Å². The van der Waals surface area contributed by atoms with Crippen molar-refractivity contribution in [2.45, 2.75) is 59.8 Å². The number of hydrogen-bond acceptors (Lipinski definition) is 3. The molecule has 0 aliphatic carbocycles. The summed E-state index contributed by atoms with van der Waals surface area (Å²) in [4.78, 5) is 4.55. The maximum Gasteiger partial charge on any atom is 0.142 e. The molecule has 0 heterocycles. The van der Waals surface area contributed by atoms with Crippen LogP contribution < -0.4 is 10.6 Å². The van der Waals surface area contributed by atoms with Crippen molar-refractivity contribution in [2.24, 2.45) is 4.99 Å². The second-order valence-electron chi connectivity index (χ2n) is 7.44. The third-order valence-electron chi connectivity index (χ3n) is 4.68. The lowest BCUT2D eigenvalue weighted by Crippen LogP contribution is -2.19. The fourth-order valence-corrected chi connectivity index (χ4v) is 3.00. The molecule has 0 bridgehead atoms. The van der Waals surface area contributed by atoms with Crippen molar-refractivity contribution < 1.29 is 8.78 Å². The van der Waals surface area contributed by atoms with Gasteiger partial charge >= 0.3 is 0 Å². The van der Waals surface area contributed by atoms with Crippen LogP contribution in [0.5, 0.6) is 0 Å². The lowest BCUT2D eigenvalue weighted by molar-refractivity contribution is 0.573. The van der Waals surface area contributed by atoms with Gasteiger partial charge in [-0.05, 0) is 64.5 Å². The Morgan fingerprint density at radius 2 is 1.84 bits per heavy atom. The van der Waals surface area contributed by atoms with Crippen LogP contribution in [0.25, 0.3) is 0 Å². The zero-order chi connectivity index (χ0) is 23.9. The zero-order valence-corrected chi connectivity index (χ0v) is 20.3. The van der Waals surface area contributed by atoms with Gasteiger partial charge in [0.1, 0.15) is 17.3 Å². The van der Waals surface area contributed by atoms with E-state index in [1.165, 1.54) is 0 Å². The van der Waals surface area contributed by atoms with E-state index in [1.807, 2.05) is 33.0 Å². The monoisotopic (exact) mass is 461 g/mol. The summed E-state index contributed by atoms with van der Waals surface area (Å²) in [7, 11) is 0. The molecule has 6 heteroatoms. The summed E-state index contributed by atoms with van der Waals surface area (Å²) in [6.45, 7) is 13.5. The summed E-state index contributed by atoms with van der Waals surface area (Å²) >= 11 is 5.86. The Morgan fingerprint density at radius 3 is 2.53 bits per heavy atom. The molecule has 0 saturated heterocycles. The van der Waals surface area contributed by atoms with Crippen LogP contribution in [0.1, 0.15) is 58.9 Å². The number of aliphatic imine (C=N–C) groups is 1. The molecular formula is C26H34ClF2N3. The predicted molar refractivity (Wildman–Crippen MR) is 133 cm³/mol. The molecule has 0 aromatic heterocycles. The van der Waals surface area contributed by atoms with Crippen molar-refractivity contribution in [3.05, 3.63) is 70.2 Å². The van der Waals surface area contributed by atoms with Gasteiger partial charge in [-0.1, -0.05) is 43.5 Å². The van der Waals surface area contributed by atoms with E-state index in [0.717, 1.165) is 61.3 Å². The molecule has 0 radical (unpaired) electrons. The number of halogens is 3. The number of benzene rings is 1. The van der Waals surface area contributed by atoms with E-state index in [1.54, 1.807) is 0 Å². The van der Waals surface area contributed by atoms with Crippen molar-refractivity contribution in [1.29, 1.82) is 0 Å². The molecule has 0 saturated carbocycles. The molecule has 0 amide bonds. The first kappa shape index (κ1) is 27.5. The van der Waals surface area contributed by atoms with Gasteiger partial charge in [-0.25, -0.2) is 13.8 Å². The van der Waals surface area contributed by atoms with Gasteiger partial charge < -0.3 is 10.6 Å². The minimum absolute atomic E-state index is 0.117. The second kappa shape index (κ2) is 15.3. The average Bonchev–Trinajstić information content (AvgIpc) is 2.77. The molecule has 1 aromatic carbocycles. The SMILES string of the molecule is C=C(NCCCCCc1c(F)ccc(F)c1Cl)C(C)=N/C(C#C/C(C)=C/NCCC)=C\C. The van der Waals surface area contributed by atoms with E-state index in [2.05, 4.69) is 41.0 Å². The molecule has 0 atom stereocenters. The Kier molecular flexibility index (Phi) is 13.1. The average molecular weight is 462 g/mol. The summed E-state index contributed by atoms with van der Waals surface area (Å²) in [5.74, 6) is 5.12. The summed E-state index contributed by atoms with van der Waals surface area (Å²) in [6, 6.07) is 2.17. The smallest absolute Gasteiger partial charge is 0.142 e. The van der Waals surface area contributed by atoms with Crippen molar-refractivity contribution in [1.82, 2.24) is 10.6 Å². The van der Waals surface area contributed by atoms with Crippen molar-refractivity contribution in [3.63, 3.8) is 0 Å². The van der Waals surface area contributed by atoms with Gasteiger partial charge in [0.05, 0.1) is 10.7 Å². The van der Waals surface area contributed by atoms with Crippen LogP contribution in [0.3, 0.4) is 0 Å². The molecule has 1 rings (SSSR count). The number of unbranched alkanes of at least 4 members (excludes halogenated alkanes) is 2. The van der Waals surface area contributed by atoms with E-state index >= 15 is 0 Å². The maximum atomic E-state index is 13.8.